The van der Waals surface area contributed by atoms with Gasteiger partial charge in [0.2, 0.25) is 11.9 Å². The number of hydrogen-bond donors (Lipinski definition) is 1. The second-order valence-corrected chi connectivity index (χ2v) is 5.82. The van der Waals surface area contributed by atoms with Gasteiger partial charge >= 0.3 is 0 Å². The highest BCUT2D eigenvalue weighted by molar-refractivity contribution is 5.60. The maximum Gasteiger partial charge on any atom is 0.256 e. The number of morpholine rings is 1. The minimum Gasteiger partial charge on any atom is -0.378 e. The summed E-state index contributed by atoms with van der Waals surface area (Å²) in [6.07, 6.45) is 5.02. The first-order valence-electron chi connectivity index (χ1n) is 8.65. The predicted molar refractivity (Wildman–Crippen MR) is 105 cm³/mol. The lowest BCUT2D eigenvalue weighted by Gasteiger charge is -2.27. The SMILES string of the molecule is C=C(C)N(/N=C/C)c1nc(-c2cnc(NC)nc2)nc(N2CCOCC2)n1. The van der Waals surface area contributed by atoms with Gasteiger partial charge in [0.05, 0.1) is 18.8 Å². The number of nitrogens with zero attached hydrogens (tertiary/aromatic N) is 8. The van der Waals surface area contributed by atoms with E-state index in [0.717, 1.165) is 0 Å². The highest BCUT2D eigenvalue weighted by atomic mass is 16.5. The lowest BCUT2D eigenvalue weighted by molar-refractivity contribution is 0.122. The van der Waals surface area contributed by atoms with Crippen LogP contribution in [0.4, 0.5) is 17.8 Å². The Kier molecular flexibility index (Phi) is 5.87. The van der Waals surface area contributed by atoms with E-state index in [1.165, 1.54) is 0 Å². The van der Waals surface area contributed by atoms with E-state index in [9.17, 15) is 0 Å². The first-order valence-corrected chi connectivity index (χ1v) is 8.65. The summed E-state index contributed by atoms with van der Waals surface area (Å²) in [6, 6.07) is 0. The molecular formula is C17H23N9O. The van der Waals surface area contributed by atoms with Crippen LogP contribution in [-0.2, 0) is 4.74 Å². The number of allylic oxidation sites excluding steroid dienone is 1. The molecule has 2 aromatic heterocycles. The molecule has 0 saturated carbocycles. The molecular weight excluding hydrogens is 346 g/mol. The van der Waals surface area contributed by atoms with Gasteiger partial charge in [0.1, 0.15) is 0 Å². The predicted octanol–water partition coefficient (Wildman–Crippen LogP) is 1.55. The molecule has 142 valence electrons. The molecule has 0 aromatic carbocycles. The molecule has 0 aliphatic carbocycles. The zero-order valence-electron chi connectivity index (χ0n) is 15.8. The van der Waals surface area contributed by atoms with Gasteiger partial charge in [-0.2, -0.15) is 20.1 Å². The zero-order chi connectivity index (χ0) is 19.2. The first kappa shape index (κ1) is 18.6. The zero-order valence-corrected chi connectivity index (χ0v) is 15.8. The molecule has 0 spiro atoms. The fourth-order valence-corrected chi connectivity index (χ4v) is 2.49. The molecule has 0 atom stereocenters. The average molecular weight is 369 g/mol. The van der Waals surface area contributed by atoms with E-state index < -0.39 is 0 Å². The number of nitrogens with one attached hydrogen (secondary N) is 1. The lowest BCUT2D eigenvalue weighted by Crippen LogP contribution is -2.37. The molecule has 2 aromatic rings. The minimum absolute atomic E-state index is 0.393. The number of rotatable bonds is 6. The van der Waals surface area contributed by atoms with Crippen molar-refractivity contribution in [2.24, 2.45) is 5.10 Å². The van der Waals surface area contributed by atoms with E-state index in [1.54, 1.807) is 30.7 Å². The lowest BCUT2D eigenvalue weighted by atomic mass is 10.3. The molecule has 0 radical (unpaired) electrons. The third kappa shape index (κ3) is 4.34. The molecule has 0 bridgehead atoms. The highest BCUT2D eigenvalue weighted by Crippen LogP contribution is 2.23. The summed E-state index contributed by atoms with van der Waals surface area (Å²) in [5.41, 5.74) is 1.38. The minimum atomic E-state index is 0.393. The van der Waals surface area contributed by atoms with Gasteiger partial charge in [-0.1, -0.05) is 6.58 Å². The number of ether oxygens (including phenoxy) is 1. The van der Waals surface area contributed by atoms with Crippen molar-refractivity contribution in [2.75, 3.05) is 48.6 Å². The number of anilines is 3. The van der Waals surface area contributed by atoms with Crippen LogP contribution in [0.5, 0.6) is 0 Å². The Balaban J connectivity index is 2.07. The van der Waals surface area contributed by atoms with Crippen LogP contribution in [0, 0.1) is 0 Å². The summed E-state index contributed by atoms with van der Waals surface area (Å²) in [5, 5.41) is 8.79. The van der Waals surface area contributed by atoms with E-state index >= 15 is 0 Å². The summed E-state index contributed by atoms with van der Waals surface area (Å²) in [7, 11) is 1.76. The van der Waals surface area contributed by atoms with Crippen LogP contribution in [0.15, 0.2) is 29.8 Å². The maximum atomic E-state index is 5.43. The average Bonchev–Trinajstić information content (AvgIpc) is 2.72. The summed E-state index contributed by atoms with van der Waals surface area (Å²) < 4.78 is 5.43. The van der Waals surface area contributed by atoms with Gasteiger partial charge in [0.25, 0.3) is 5.95 Å². The van der Waals surface area contributed by atoms with E-state index in [4.69, 9.17) is 4.74 Å². The second-order valence-electron chi connectivity index (χ2n) is 5.82. The van der Waals surface area contributed by atoms with E-state index in [-0.39, 0.29) is 0 Å². The van der Waals surface area contributed by atoms with Crippen LogP contribution < -0.4 is 15.2 Å². The highest BCUT2D eigenvalue weighted by Gasteiger charge is 2.20. The number of hydrogen-bond acceptors (Lipinski definition) is 10. The van der Waals surface area contributed by atoms with Crippen molar-refractivity contribution in [1.29, 1.82) is 0 Å². The molecule has 1 saturated heterocycles. The number of aromatic nitrogens is 5. The Morgan fingerprint density at radius 3 is 2.56 bits per heavy atom. The van der Waals surface area contributed by atoms with Gasteiger partial charge in [-0.05, 0) is 13.8 Å². The van der Waals surface area contributed by atoms with Crippen molar-refractivity contribution in [3.8, 4) is 11.4 Å². The van der Waals surface area contributed by atoms with Crippen molar-refractivity contribution in [3.05, 3.63) is 24.7 Å². The Hall–Kier alpha value is -3.14. The van der Waals surface area contributed by atoms with Crippen LogP contribution in [0.25, 0.3) is 11.4 Å². The molecule has 1 fully saturated rings. The molecule has 0 unspecified atom stereocenters. The van der Waals surface area contributed by atoms with Crippen LogP contribution in [0.3, 0.4) is 0 Å². The van der Waals surface area contributed by atoms with Gasteiger partial charge in [0, 0.05) is 44.4 Å². The second kappa shape index (κ2) is 8.49. The maximum absolute atomic E-state index is 5.43. The Bertz CT molecular complexity index is 816. The quantitative estimate of drug-likeness (QED) is 0.600. The molecule has 10 heteroatoms. The molecule has 10 nitrogen and oxygen atoms in total. The molecule has 1 aliphatic heterocycles. The van der Waals surface area contributed by atoms with Crippen LogP contribution >= 0.6 is 0 Å². The first-order chi connectivity index (χ1) is 13.1. The Labute approximate surface area is 158 Å². The van der Waals surface area contributed by atoms with Gasteiger partial charge in [0.15, 0.2) is 5.82 Å². The summed E-state index contributed by atoms with van der Waals surface area (Å²) in [6.45, 7) is 10.3. The van der Waals surface area contributed by atoms with Gasteiger partial charge in [-0.25, -0.2) is 15.0 Å². The normalized spacial score (nSPS) is 14.4. The van der Waals surface area contributed by atoms with Gasteiger partial charge < -0.3 is 15.0 Å². The van der Waals surface area contributed by atoms with Crippen LogP contribution in [0.1, 0.15) is 13.8 Å². The molecule has 1 N–H and O–H groups in total. The van der Waals surface area contributed by atoms with Gasteiger partial charge in [-0.3, -0.25) is 0 Å². The van der Waals surface area contributed by atoms with E-state index in [2.05, 4.69) is 46.8 Å². The molecule has 3 heterocycles. The van der Waals surface area contributed by atoms with E-state index in [0.29, 0.717) is 61.2 Å². The largest absolute Gasteiger partial charge is 0.378 e. The molecule has 3 rings (SSSR count). The standard InChI is InChI=1S/C17H23N9O/c1-5-21-26(12(2)3)17-23-14(13-10-19-15(18-4)20-11-13)22-16(24-17)25-6-8-27-9-7-25/h5,10-11H,2,6-9H2,1,3-4H3,(H,18,19,20)/b21-5+. The van der Waals surface area contributed by atoms with Gasteiger partial charge in [-0.15, -0.1) is 0 Å². The smallest absolute Gasteiger partial charge is 0.256 e. The van der Waals surface area contributed by atoms with E-state index in [1.807, 2.05) is 13.8 Å². The fourth-order valence-electron chi connectivity index (χ4n) is 2.49. The van der Waals surface area contributed by atoms with Crippen molar-refractivity contribution in [1.82, 2.24) is 24.9 Å². The van der Waals surface area contributed by atoms with Crippen molar-refractivity contribution in [3.63, 3.8) is 0 Å². The topological polar surface area (TPSA) is 105 Å². The summed E-state index contributed by atoms with van der Waals surface area (Å²) in [4.78, 5) is 24.3. The molecule has 1 aliphatic rings. The van der Waals surface area contributed by atoms with Crippen molar-refractivity contribution in [2.45, 2.75) is 13.8 Å². The monoisotopic (exact) mass is 369 g/mol. The van der Waals surface area contributed by atoms with Crippen molar-refractivity contribution >= 4 is 24.1 Å². The third-order valence-corrected chi connectivity index (χ3v) is 3.82. The molecule has 0 amide bonds. The van der Waals surface area contributed by atoms with Crippen molar-refractivity contribution < 1.29 is 4.74 Å². The van der Waals surface area contributed by atoms with Crippen LogP contribution in [0.2, 0.25) is 0 Å². The summed E-state index contributed by atoms with van der Waals surface area (Å²) >= 11 is 0. The summed E-state index contributed by atoms with van der Waals surface area (Å²) in [5.74, 6) is 1.96. The van der Waals surface area contributed by atoms with Crippen LogP contribution in [-0.4, -0.2) is 64.5 Å². The third-order valence-electron chi connectivity index (χ3n) is 3.82. The Morgan fingerprint density at radius 2 is 1.96 bits per heavy atom. The fraction of sp³-hybridized carbons (Fsp3) is 0.412. The Morgan fingerprint density at radius 1 is 1.26 bits per heavy atom. The molecule has 27 heavy (non-hydrogen) atoms. The number of hydrazone groups is 1.